The second kappa shape index (κ2) is 9.18. The van der Waals surface area contributed by atoms with Crippen LogP contribution in [0.3, 0.4) is 0 Å². The van der Waals surface area contributed by atoms with E-state index in [-0.39, 0.29) is 16.9 Å². The first-order valence-electron chi connectivity index (χ1n) is 10.3. The molecule has 3 rings (SSSR count). The standard InChI is InChI=1S/C23H29N3O4S/c1-23(2,3)22-24-15-19(21(26-22)30-18-8-6-5-7-9-18)20(27)25-17(14-16-10-11-16)12-13-31(4,28)29/h5-9,12-13,15-17H,10-11,14H2,1-4H3,(H,25,27)/b13-12+. The van der Waals surface area contributed by atoms with Crippen LogP contribution in [0.4, 0.5) is 0 Å². The topological polar surface area (TPSA) is 98.2 Å². The van der Waals surface area contributed by atoms with Crippen LogP contribution in [0.2, 0.25) is 0 Å². The van der Waals surface area contributed by atoms with E-state index in [4.69, 9.17) is 4.74 Å². The monoisotopic (exact) mass is 443 g/mol. The van der Waals surface area contributed by atoms with Crippen LogP contribution in [0.15, 0.2) is 48.0 Å². The van der Waals surface area contributed by atoms with Gasteiger partial charge >= 0.3 is 0 Å². The molecule has 8 heteroatoms. The molecule has 1 atom stereocenters. The number of amides is 1. The van der Waals surface area contributed by atoms with Crippen molar-refractivity contribution in [3.05, 3.63) is 59.4 Å². The van der Waals surface area contributed by atoms with Gasteiger partial charge in [-0.2, -0.15) is 4.98 Å². The van der Waals surface area contributed by atoms with Gasteiger partial charge in [-0.15, -0.1) is 0 Å². The average molecular weight is 444 g/mol. The highest BCUT2D eigenvalue weighted by atomic mass is 32.2. The zero-order chi connectivity index (χ0) is 22.6. The van der Waals surface area contributed by atoms with Gasteiger partial charge in [0.15, 0.2) is 9.84 Å². The SMILES string of the molecule is CC(C)(C)c1ncc(C(=O)NC(/C=C/S(C)(=O)=O)CC2CC2)c(Oc2ccccc2)n1. The number of carbonyl (C=O) groups is 1. The van der Waals surface area contributed by atoms with Crippen molar-refractivity contribution in [3.63, 3.8) is 0 Å². The number of hydrogen-bond donors (Lipinski definition) is 1. The Balaban J connectivity index is 1.89. The predicted molar refractivity (Wildman–Crippen MR) is 120 cm³/mol. The summed E-state index contributed by atoms with van der Waals surface area (Å²) < 4.78 is 29.0. The number of hydrogen-bond acceptors (Lipinski definition) is 6. The van der Waals surface area contributed by atoms with Crippen molar-refractivity contribution in [2.24, 2.45) is 5.92 Å². The molecule has 1 aliphatic carbocycles. The highest BCUT2D eigenvalue weighted by Crippen LogP contribution is 2.34. The van der Waals surface area contributed by atoms with Crippen LogP contribution in [0.1, 0.15) is 56.2 Å². The lowest BCUT2D eigenvalue weighted by molar-refractivity contribution is 0.0938. The van der Waals surface area contributed by atoms with E-state index in [0.29, 0.717) is 23.9 Å². The third-order valence-electron chi connectivity index (χ3n) is 4.79. The van der Waals surface area contributed by atoms with Gasteiger partial charge in [-0.1, -0.05) is 57.9 Å². The van der Waals surface area contributed by atoms with E-state index in [0.717, 1.165) is 24.5 Å². The smallest absolute Gasteiger partial charge is 0.258 e. The number of nitrogens with zero attached hydrogens (tertiary/aromatic N) is 2. The molecule has 1 aromatic carbocycles. The van der Waals surface area contributed by atoms with Crippen LogP contribution in [0.5, 0.6) is 11.6 Å². The van der Waals surface area contributed by atoms with Crippen molar-refractivity contribution in [3.8, 4) is 11.6 Å². The molecule has 1 aliphatic rings. The Morgan fingerprint density at radius 1 is 1.26 bits per heavy atom. The molecule has 0 radical (unpaired) electrons. The molecule has 0 aliphatic heterocycles. The number of sulfone groups is 1. The van der Waals surface area contributed by atoms with E-state index in [1.807, 2.05) is 39.0 Å². The van der Waals surface area contributed by atoms with Crippen molar-refractivity contribution < 1.29 is 17.9 Å². The van der Waals surface area contributed by atoms with Gasteiger partial charge in [0.05, 0.1) is 0 Å². The molecule has 7 nitrogen and oxygen atoms in total. The van der Waals surface area contributed by atoms with Gasteiger partial charge in [0.2, 0.25) is 5.88 Å². The van der Waals surface area contributed by atoms with E-state index in [1.54, 1.807) is 12.1 Å². The van der Waals surface area contributed by atoms with Crippen LogP contribution in [-0.2, 0) is 15.3 Å². The normalized spacial score (nSPS) is 15.6. The number of carbonyl (C=O) groups excluding carboxylic acids is 1. The van der Waals surface area contributed by atoms with Crippen LogP contribution >= 0.6 is 0 Å². The molecule has 0 bridgehead atoms. The fourth-order valence-corrected chi connectivity index (χ4v) is 3.42. The lowest BCUT2D eigenvalue weighted by Gasteiger charge is -2.20. The molecule has 1 unspecified atom stereocenters. The molecule has 2 aromatic rings. The molecule has 1 heterocycles. The number of para-hydroxylation sites is 1. The Morgan fingerprint density at radius 3 is 2.52 bits per heavy atom. The second-order valence-corrected chi connectivity index (χ2v) is 10.9. The van der Waals surface area contributed by atoms with Gasteiger partial charge in [0, 0.05) is 29.3 Å². The quantitative estimate of drug-likeness (QED) is 0.662. The lowest BCUT2D eigenvalue weighted by Crippen LogP contribution is -2.34. The summed E-state index contributed by atoms with van der Waals surface area (Å²) in [6, 6.07) is 8.71. The summed E-state index contributed by atoms with van der Waals surface area (Å²) in [5.74, 6) is 1.37. The molecular formula is C23H29N3O4S. The molecule has 166 valence electrons. The number of rotatable bonds is 8. The summed E-state index contributed by atoms with van der Waals surface area (Å²) in [6.45, 7) is 5.95. The summed E-state index contributed by atoms with van der Waals surface area (Å²) in [4.78, 5) is 22.0. The summed E-state index contributed by atoms with van der Waals surface area (Å²) in [7, 11) is -3.29. The van der Waals surface area contributed by atoms with Crippen molar-refractivity contribution >= 4 is 15.7 Å². The Hall–Kier alpha value is -2.74. The molecule has 1 saturated carbocycles. The molecule has 1 amide bonds. The number of nitrogens with one attached hydrogen (secondary N) is 1. The Kier molecular flexibility index (Phi) is 6.79. The van der Waals surface area contributed by atoms with Crippen molar-refractivity contribution in [1.82, 2.24) is 15.3 Å². The largest absolute Gasteiger partial charge is 0.438 e. The maximum absolute atomic E-state index is 13.1. The molecule has 1 fully saturated rings. The van der Waals surface area contributed by atoms with Gasteiger partial charge in [0.1, 0.15) is 17.1 Å². The van der Waals surface area contributed by atoms with E-state index in [9.17, 15) is 13.2 Å². The maximum Gasteiger partial charge on any atom is 0.258 e. The van der Waals surface area contributed by atoms with E-state index >= 15 is 0 Å². The van der Waals surface area contributed by atoms with Crippen LogP contribution in [-0.4, -0.2) is 36.6 Å². The Labute approximate surface area is 183 Å². The van der Waals surface area contributed by atoms with Crippen LogP contribution in [0, 0.1) is 5.92 Å². The van der Waals surface area contributed by atoms with Crippen LogP contribution in [0.25, 0.3) is 0 Å². The average Bonchev–Trinajstić information content (AvgIpc) is 3.49. The van der Waals surface area contributed by atoms with Gasteiger partial charge < -0.3 is 10.1 Å². The van der Waals surface area contributed by atoms with Gasteiger partial charge in [0.25, 0.3) is 5.91 Å². The predicted octanol–water partition coefficient (Wildman–Crippen LogP) is 4.02. The third kappa shape index (κ3) is 7.17. The molecule has 0 saturated heterocycles. The molecule has 31 heavy (non-hydrogen) atoms. The Bertz CT molecular complexity index is 1060. The first kappa shape index (κ1) is 22.9. The zero-order valence-electron chi connectivity index (χ0n) is 18.3. The summed E-state index contributed by atoms with van der Waals surface area (Å²) in [5, 5.41) is 4.05. The fraction of sp³-hybridized carbons (Fsp3) is 0.435. The minimum Gasteiger partial charge on any atom is -0.438 e. The van der Waals surface area contributed by atoms with Crippen LogP contribution < -0.4 is 10.1 Å². The Morgan fingerprint density at radius 2 is 1.94 bits per heavy atom. The summed E-state index contributed by atoms with van der Waals surface area (Å²) in [5.41, 5.74) is -0.123. The van der Waals surface area contributed by atoms with Gasteiger partial charge in [-0.05, 0) is 24.5 Å². The third-order valence-corrected chi connectivity index (χ3v) is 5.44. The fourth-order valence-electron chi connectivity index (χ4n) is 2.94. The number of benzene rings is 1. The minimum atomic E-state index is -3.29. The summed E-state index contributed by atoms with van der Waals surface area (Å²) in [6.07, 6.45) is 7.00. The first-order valence-corrected chi connectivity index (χ1v) is 12.3. The molecule has 0 spiro atoms. The van der Waals surface area contributed by atoms with Crippen molar-refractivity contribution in [2.75, 3.05) is 6.26 Å². The maximum atomic E-state index is 13.1. The van der Waals surface area contributed by atoms with Gasteiger partial charge in [-0.3, -0.25) is 4.79 Å². The highest BCUT2D eigenvalue weighted by molar-refractivity contribution is 7.93. The second-order valence-electron chi connectivity index (χ2n) is 8.99. The van der Waals surface area contributed by atoms with Crippen molar-refractivity contribution in [1.29, 1.82) is 0 Å². The molecule has 1 aromatic heterocycles. The van der Waals surface area contributed by atoms with Gasteiger partial charge in [-0.25, -0.2) is 13.4 Å². The van der Waals surface area contributed by atoms with Crippen molar-refractivity contribution in [2.45, 2.75) is 51.5 Å². The molecular weight excluding hydrogens is 414 g/mol. The highest BCUT2D eigenvalue weighted by Gasteiger charge is 2.28. The zero-order valence-corrected chi connectivity index (χ0v) is 19.1. The van der Waals surface area contributed by atoms with E-state index in [2.05, 4.69) is 15.3 Å². The number of ether oxygens (including phenoxy) is 1. The van der Waals surface area contributed by atoms with E-state index < -0.39 is 21.8 Å². The summed E-state index contributed by atoms with van der Waals surface area (Å²) >= 11 is 0. The van der Waals surface area contributed by atoms with E-state index in [1.165, 1.54) is 12.3 Å². The molecule has 1 N–H and O–H groups in total. The first-order chi connectivity index (χ1) is 14.5. The lowest BCUT2D eigenvalue weighted by atomic mass is 9.95. The number of aromatic nitrogens is 2. The minimum absolute atomic E-state index is 0.167.